The molecule has 0 aliphatic carbocycles. The highest BCUT2D eigenvalue weighted by Crippen LogP contribution is 2.42. The summed E-state index contributed by atoms with van der Waals surface area (Å²) in [7, 11) is 0. The van der Waals surface area contributed by atoms with E-state index in [1.165, 1.54) is 19.3 Å². The van der Waals surface area contributed by atoms with Crippen molar-refractivity contribution < 1.29 is 4.74 Å². The van der Waals surface area contributed by atoms with E-state index in [1.807, 2.05) is 0 Å². The molecule has 2 bridgehead atoms. The van der Waals surface area contributed by atoms with Gasteiger partial charge in [0.05, 0.1) is 12.2 Å². The van der Waals surface area contributed by atoms with Gasteiger partial charge in [-0.05, 0) is 31.1 Å². The molecule has 2 rings (SSSR count). The Kier molecular flexibility index (Phi) is 1.48. The fourth-order valence-corrected chi connectivity index (χ4v) is 2.25. The Bertz CT molecular complexity index is 131. The third-order valence-electron chi connectivity index (χ3n) is 2.85. The van der Waals surface area contributed by atoms with E-state index in [2.05, 4.69) is 13.8 Å². The average Bonchev–Trinajstić information content (AvgIpc) is 2.44. The number of ether oxygens (including phenoxy) is 1. The number of hydrogen-bond acceptors (Lipinski definition) is 1. The molecule has 1 nitrogen and oxygen atoms in total. The zero-order chi connectivity index (χ0) is 7.14. The average molecular weight is 139 g/mol. The Morgan fingerprint density at radius 1 is 1.30 bits per heavy atom. The standard InChI is InChI=1S/C9H15O/c1-6(2)8-5-7-3-4-9(8)10-7/h7-9H,3-5H2,1-2H3. The highest BCUT2D eigenvalue weighted by Gasteiger charge is 2.41. The fourth-order valence-electron chi connectivity index (χ4n) is 2.25. The summed E-state index contributed by atoms with van der Waals surface area (Å²) in [6.45, 7) is 4.46. The molecule has 1 heteroatoms. The Morgan fingerprint density at radius 2 is 2.10 bits per heavy atom. The second-order valence-corrected chi connectivity index (χ2v) is 3.79. The molecule has 2 heterocycles. The minimum absolute atomic E-state index is 0.593. The van der Waals surface area contributed by atoms with Crippen molar-refractivity contribution >= 4 is 0 Å². The quantitative estimate of drug-likeness (QED) is 0.541. The largest absolute Gasteiger partial charge is 0.375 e. The monoisotopic (exact) mass is 139 g/mol. The summed E-state index contributed by atoms with van der Waals surface area (Å²) in [4.78, 5) is 0. The van der Waals surface area contributed by atoms with Gasteiger partial charge >= 0.3 is 0 Å². The number of rotatable bonds is 1. The first-order valence-corrected chi connectivity index (χ1v) is 4.23. The molecule has 0 aromatic rings. The summed E-state index contributed by atoms with van der Waals surface area (Å²) in [6.07, 6.45) is 5.13. The molecule has 0 amide bonds. The predicted octanol–water partition coefficient (Wildman–Crippen LogP) is 2.17. The van der Waals surface area contributed by atoms with Gasteiger partial charge in [0.2, 0.25) is 0 Å². The summed E-state index contributed by atoms with van der Waals surface area (Å²) in [6, 6.07) is 0. The maximum absolute atomic E-state index is 5.73. The highest BCUT2D eigenvalue weighted by molar-refractivity contribution is 5.01. The van der Waals surface area contributed by atoms with Crippen LogP contribution in [-0.2, 0) is 4.74 Å². The van der Waals surface area contributed by atoms with E-state index < -0.39 is 0 Å². The van der Waals surface area contributed by atoms with E-state index in [4.69, 9.17) is 4.74 Å². The van der Waals surface area contributed by atoms with Crippen LogP contribution in [-0.4, -0.2) is 12.2 Å². The van der Waals surface area contributed by atoms with Crippen molar-refractivity contribution in [2.24, 2.45) is 5.92 Å². The van der Waals surface area contributed by atoms with E-state index in [0.717, 1.165) is 5.92 Å². The SMILES string of the molecule is C[C](C)C1CC2CCC1O2. The first-order chi connectivity index (χ1) is 4.77. The van der Waals surface area contributed by atoms with Crippen LogP contribution in [0.3, 0.4) is 0 Å². The summed E-state index contributed by atoms with van der Waals surface area (Å²) >= 11 is 0. The zero-order valence-corrected chi connectivity index (χ0v) is 6.76. The van der Waals surface area contributed by atoms with Crippen molar-refractivity contribution in [3.63, 3.8) is 0 Å². The van der Waals surface area contributed by atoms with Gasteiger partial charge in [0.1, 0.15) is 0 Å². The molecular formula is C9H15O. The minimum Gasteiger partial charge on any atom is -0.375 e. The van der Waals surface area contributed by atoms with Crippen LogP contribution < -0.4 is 0 Å². The second-order valence-electron chi connectivity index (χ2n) is 3.79. The molecule has 0 spiro atoms. The molecule has 57 valence electrons. The van der Waals surface area contributed by atoms with E-state index in [9.17, 15) is 0 Å². The Labute approximate surface area is 62.8 Å². The van der Waals surface area contributed by atoms with Crippen LogP contribution in [0.4, 0.5) is 0 Å². The third-order valence-corrected chi connectivity index (χ3v) is 2.85. The molecule has 2 aliphatic rings. The lowest BCUT2D eigenvalue weighted by Crippen LogP contribution is -2.19. The van der Waals surface area contributed by atoms with Crippen LogP contribution >= 0.6 is 0 Å². The van der Waals surface area contributed by atoms with Crippen LogP contribution in [0.2, 0.25) is 0 Å². The minimum atomic E-state index is 0.593. The number of hydrogen-bond donors (Lipinski definition) is 0. The maximum Gasteiger partial charge on any atom is 0.0614 e. The molecule has 2 saturated heterocycles. The van der Waals surface area contributed by atoms with E-state index in [-0.39, 0.29) is 0 Å². The molecule has 0 aromatic heterocycles. The molecule has 3 unspecified atom stereocenters. The zero-order valence-electron chi connectivity index (χ0n) is 6.76. The van der Waals surface area contributed by atoms with Gasteiger partial charge in [0.25, 0.3) is 0 Å². The summed E-state index contributed by atoms with van der Waals surface area (Å²) in [5, 5.41) is 0. The van der Waals surface area contributed by atoms with Crippen LogP contribution in [0.15, 0.2) is 0 Å². The molecule has 0 aromatic carbocycles. The lowest BCUT2D eigenvalue weighted by Gasteiger charge is -2.21. The van der Waals surface area contributed by atoms with Gasteiger partial charge < -0.3 is 4.74 Å². The van der Waals surface area contributed by atoms with Crippen LogP contribution in [0.5, 0.6) is 0 Å². The predicted molar refractivity (Wildman–Crippen MR) is 40.6 cm³/mol. The smallest absolute Gasteiger partial charge is 0.0614 e. The fraction of sp³-hybridized carbons (Fsp3) is 0.889. The molecule has 0 N–H and O–H groups in total. The van der Waals surface area contributed by atoms with Gasteiger partial charge in [-0.2, -0.15) is 0 Å². The summed E-state index contributed by atoms with van der Waals surface area (Å²) in [5.74, 6) is 2.35. The third kappa shape index (κ3) is 0.878. The van der Waals surface area contributed by atoms with Crippen molar-refractivity contribution in [1.29, 1.82) is 0 Å². The topological polar surface area (TPSA) is 9.23 Å². The van der Waals surface area contributed by atoms with E-state index >= 15 is 0 Å². The van der Waals surface area contributed by atoms with Crippen molar-refractivity contribution in [2.75, 3.05) is 0 Å². The second kappa shape index (κ2) is 2.23. The lowest BCUT2D eigenvalue weighted by atomic mass is 9.82. The molecule has 10 heavy (non-hydrogen) atoms. The maximum atomic E-state index is 5.73. The van der Waals surface area contributed by atoms with Crippen LogP contribution in [0.1, 0.15) is 33.1 Å². The van der Waals surface area contributed by atoms with Gasteiger partial charge in [-0.1, -0.05) is 13.8 Å². The van der Waals surface area contributed by atoms with Crippen molar-refractivity contribution in [3.05, 3.63) is 5.92 Å². The number of fused-ring (bicyclic) bond motifs is 2. The van der Waals surface area contributed by atoms with Gasteiger partial charge in [-0.15, -0.1) is 0 Å². The van der Waals surface area contributed by atoms with Crippen molar-refractivity contribution in [3.8, 4) is 0 Å². The molecule has 2 fully saturated rings. The normalized spacial score (nSPS) is 45.3. The molecule has 3 atom stereocenters. The first kappa shape index (κ1) is 6.66. The Hall–Kier alpha value is -0.0400. The van der Waals surface area contributed by atoms with Crippen LogP contribution in [0.25, 0.3) is 0 Å². The Morgan fingerprint density at radius 3 is 2.40 bits per heavy atom. The van der Waals surface area contributed by atoms with Gasteiger partial charge in [0.15, 0.2) is 0 Å². The Balaban J connectivity index is 2.02. The molecule has 2 aliphatic heterocycles. The van der Waals surface area contributed by atoms with E-state index in [1.54, 1.807) is 5.92 Å². The molecular weight excluding hydrogens is 124 g/mol. The summed E-state index contributed by atoms with van der Waals surface area (Å²) < 4.78 is 5.73. The van der Waals surface area contributed by atoms with Crippen molar-refractivity contribution in [2.45, 2.75) is 45.3 Å². The first-order valence-electron chi connectivity index (χ1n) is 4.23. The van der Waals surface area contributed by atoms with Crippen LogP contribution in [0, 0.1) is 11.8 Å². The van der Waals surface area contributed by atoms with Crippen molar-refractivity contribution in [1.82, 2.24) is 0 Å². The molecule has 0 saturated carbocycles. The highest BCUT2D eigenvalue weighted by atomic mass is 16.5. The van der Waals surface area contributed by atoms with Gasteiger partial charge in [-0.3, -0.25) is 0 Å². The lowest BCUT2D eigenvalue weighted by molar-refractivity contribution is 0.0944. The van der Waals surface area contributed by atoms with E-state index in [0.29, 0.717) is 12.2 Å². The molecule has 1 radical (unpaired) electrons. The summed E-state index contributed by atoms with van der Waals surface area (Å²) in [5.41, 5.74) is 0. The van der Waals surface area contributed by atoms with Gasteiger partial charge in [0, 0.05) is 0 Å². The van der Waals surface area contributed by atoms with Gasteiger partial charge in [-0.25, -0.2) is 0 Å².